The maximum Gasteiger partial charge on any atom is 0.312 e. The molecule has 14 heteroatoms. The summed E-state index contributed by atoms with van der Waals surface area (Å²) >= 11 is 9.56. The maximum atomic E-state index is 14.2. The van der Waals surface area contributed by atoms with Crippen molar-refractivity contribution in [2.45, 2.75) is 48.4 Å². The van der Waals surface area contributed by atoms with Crippen LogP contribution in [0.1, 0.15) is 18.4 Å². The van der Waals surface area contributed by atoms with Gasteiger partial charge in [0.15, 0.2) is 0 Å². The molecule has 11 nitrogen and oxygen atoms in total. The number of carbonyl (C=O) groups is 3. The highest BCUT2D eigenvalue weighted by Crippen LogP contribution is 2.38. The fraction of sp³-hybridized carbons (Fsp3) is 0.400. The first-order valence-corrected chi connectivity index (χ1v) is 14.9. The van der Waals surface area contributed by atoms with Gasteiger partial charge in [0, 0.05) is 28.5 Å². The zero-order valence-corrected chi connectivity index (χ0v) is 24.1. The highest BCUT2D eigenvalue weighted by atomic mass is 79.9. The molecule has 0 aromatic heterocycles. The highest BCUT2D eigenvalue weighted by molar-refractivity contribution is 9.10. The lowest BCUT2D eigenvalue weighted by Gasteiger charge is -2.53. The van der Waals surface area contributed by atoms with Gasteiger partial charge in [-0.1, -0.05) is 39.7 Å². The van der Waals surface area contributed by atoms with Gasteiger partial charge in [-0.25, -0.2) is 13.2 Å². The minimum atomic E-state index is -4.34. The average molecular weight is 641 g/mol. The van der Waals surface area contributed by atoms with Crippen molar-refractivity contribution < 1.29 is 27.5 Å². The highest BCUT2D eigenvalue weighted by Gasteiger charge is 2.55. The van der Waals surface area contributed by atoms with E-state index in [-0.39, 0.29) is 47.1 Å². The van der Waals surface area contributed by atoms with Crippen molar-refractivity contribution in [1.82, 2.24) is 19.4 Å². The number of amides is 4. The van der Waals surface area contributed by atoms with Crippen molar-refractivity contribution >= 4 is 55.4 Å². The van der Waals surface area contributed by atoms with Gasteiger partial charge in [0.25, 0.3) is 0 Å². The first-order valence-electron chi connectivity index (χ1n) is 12.3. The van der Waals surface area contributed by atoms with E-state index in [1.54, 1.807) is 4.90 Å². The Morgan fingerprint density at radius 1 is 1.13 bits per heavy atom. The van der Waals surface area contributed by atoms with Gasteiger partial charge >= 0.3 is 6.03 Å². The molecule has 1 saturated carbocycles. The largest absolute Gasteiger partial charge is 0.495 e. The number of piperazine rings is 1. The van der Waals surface area contributed by atoms with Crippen LogP contribution >= 0.6 is 27.5 Å². The Balaban J connectivity index is 1.62. The number of methoxy groups -OCH3 is 1. The molecule has 2 aliphatic heterocycles. The predicted octanol–water partition coefficient (Wildman–Crippen LogP) is 1.92. The van der Waals surface area contributed by atoms with Gasteiger partial charge < -0.3 is 25.6 Å². The van der Waals surface area contributed by atoms with Crippen molar-refractivity contribution in [3.8, 4) is 5.75 Å². The first kappa shape index (κ1) is 27.7. The lowest BCUT2D eigenvalue weighted by atomic mass is 9.97. The van der Waals surface area contributed by atoms with Crippen LogP contribution in [0.5, 0.6) is 5.75 Å². The molecule has 3 unspecified atom stereocenters. The Kier molecular flexibility index (Phi) is 7.53. The normalized spacial score (nSPS) is 23.9. The van der Waals surface area contributed by atoms with E-state index in [1.165, 1.54) is 30.2 Å². The molecule has 2 aromatic carbocycles. The summed E-state index contributed by atoms with van der Waals surface area (Å²) in [5, 5.41) is 2.54. The monoisotopic (exact) mass is 639 g/mol. The number of halogens is 2. The van der Waals surface area contributed by atoms with Gasteiger partial charge in [-0.3, -0.25) is 9.59 Å². The molecule has 5 rings (SSSR count). The van der Waals surface area contributed by atoms with E-state index >= 15 is 0 Å². The second kappa shape index (κ2) is 10.6. The Morgan fingerprint density at radius 2 is 1.82 bits per heavy atom. The van der Waals surface area contributed by atoms with Gasteiger partial charge in [0.2, 0.25) is 21.8 Å². The van der Waals surface area contributed by atoms with Crippen LogP contribution < -0.4 is 15.8 Å². The molecule has 1 aliphatic carbocycles. The third-order valence-corrected chi connectivity index (χ3v) is 9.84. The molecule has 3 aliphatic rings. The summed E-state index contributed by atoms with van der Waals surface area (Å²) in [4.78, 5) is 42.2. The summed E-state index contributed by atoms with van der Waals surface area (Å²) in [7, 11) is -3.00. The van der Waals surface area contributed by atoms with E-state index in [0.717, 1.165) is 27.2 Å². The van der Waals surface area contributed by atoms with Crippen LogP contribution in [0.4, 0.5) is 4.79 Å². The van der Waals surface area contributed by atoms with Crippen molar-refractivity contribution in [1.29, 1.82) is 0 Å². The Labute approximate surface area is 239 Å². The van der Waals surface area contributed by atoms with Crippen LogP contribution in [0, 0.1) is 0 Å². The maximum absolute atomic E-state index is 14.2. The number of fused-ring (bicyclic) bond motifs is 1. The lowest BCUT2D eigenvalue weighted by molar-refractivity contribution is -0.167. The summed E-state index contributed by atoms with van der Waals surface area (Å²) in [5.74, 6) is -0.767. The minimum absolute atomic E-state index is 0.00250. The predicted molar refractivity (Wildman–Crippen MR) is 145 cm³/mol. The number of primary amides is 1. The molecule has 39 heavy (non-hydrogen) atoms. The number of carbonyl (C=O) groups excluding carboxylic acids is 3. The van der Waals surface area contributed by atoms with Crippen LogP contribution in [0.15, 0.2) is 51.8 Å². The summed E-state index contributed by atoms with van der Waals surface area (Å²) < 4.78 is 35.7. The molecule has 0 spiro atoms. The molecule has 2 heterocycles. The van der Waals surface area contributed by atoms with Crippen molar-refractivity contribution in [3.63, 3.8) is 0 Å². The number of ether oxygens (including phenoxy) is 1. The van der Waals surface area contributed by atoms with E-state index in [0.29, 0.717) is 0 Å². The van der Waals surface area contributed by atoms with E-state index in [2.05, 4.69) is 21.2 Å². The fourth-order valence-corrected chi connectivity index (χ4v) is 7.49. The van der Waals surface area contributed by atoms with Gasteiger partial charge in [-0.15, -0.1) is 0 Å². The van der Waals surface area contributed by atoms with Crippen molar-refractivity contribution in [3.05, 3.63) is 57.5 Å². The molecule has 2 saturated heterocycles. The van der Waals surface area contributed by atoms with E-state index in [4.69, 9.17) is 22.1 Å². The standard InChI is InChI=1S/C25H27BrClN5O6S/c1-38-20-9-6-16(27)11-21(20)39(36,37)31-12-18(29-25(28)35)23(33)32-19(10-14-2-4-15(26)5-3-14)24(34)30(13-22(31)32)17-7-8-17/h2-6,9,11,17-19,22H,7-8,10,12-13H2,1H3,(H3,28,29,35). The second-order valence-electron chi connectivity index (χ2n) is 9.73. The average Bonchev–Trinajstić information content (AvgIpc) is 3.73. The van der Waals surface area contributed by atoms with E-state index < -0.39 is 40.2 Å². The van der Waals surface area contributed by atoms with Crippen LogP contribution in [0.3, 0.4) is 0 Å². The van der Waals surface area contributed by atoms with Gasteiger partial charge in [-0.05, 0) is 48.7 Å². The second-order valence-corrected chi connectivity index (χ2v) is 12.9. The Bertz CT molecular complexity index is 1420. The quantitative estimate of drug-likeness (QED) is 0.474. The van der Waals surface area contributed by atoms with Crippen molar-refractivity contribution in [2.75, 3.05) is 20.2 Å². The molecule has 3 N–H and O–H groups in total. The molecule has 3 fully saturated rings. The number of benzene rings is 2. The Morgan fingerprint density at radius 3 is 2.44 bits per heavy atom. The first-order chi connectivity index (χ1) is 18.5. The molecule has 208 valence electrons. The summed E-state index contributed by atoms with van der Waals surface area (Å²) in [5.41, 5.74) is 6.14. The van der Waals surface area contributed by atoms with Gasteiger partial charge in [-0.2, -0.15) is 4.31 Å². The number of hydrogen-bond donors (Lipinski definition) is 2. The smallest absolute Gasteiger partial charge is 0.312 e. The number of nitrogens with two attached hydrogens (primary N) is 1. The SMILES string of the molecule is COc1ccc(Cl)cc1S(=O)(=O)N1CC(NC(N)=O)C(=O)N2C(Cc3ccc(Br)cc3)C(=O)N(C3CC3)CC21. The lowest BCUT2D eigenvalue weighted by Crippen LogP contribution is -2.76. The number of nitrogens with one attached hydrogen (secondary N) is 1. The molecular formula is C25H27BrClN5O6S. The fourth-order valence-electron chi connectivity index (χ4n) is 5.22. The molecule has 3 atom stereocenters. The zero-order chi connectivity index (χ0) is 28.1. The summed E-state index contributed by atoms with van der Waals surface area (Å²) in [6, 6.07) is 8.25. The molecular weight excluding hydrogens is 614 g/mol. The minimum Gasteiger partial charge on any atom is -0.495 e. The number of urea groups is 1. The molecule has 2 aromatic rings. The number of rotatable bonds is 7. The number of hydrogen-bond acceptors (Lipinski definition) is 6. The topological polar surface area (TPSA) is 142 Å². The van der Waals surface area contributed by atoms with Crippen molar-refractivity contribution in [2.24, 2.45) is 5.73 Å². The molecule has 0 bridgehead atoms. The van der Waals surface area contributed by atoms with Crippen LogP contribution in [-0.2, 0) is 26.0 Å². The third kappa shape index (κ3) is 5.32. The van der Waals surface area contributed by atoms with E-state index in [9.17, 15) is 22.8 Å². The summed E-state index contributed by atoms with van der Waals surface area (Å²) in [6.45, 7) is -0.379. The zero-order valence-electron chi connectivity index (χ0n) is 20.9. The molecule has 0 radical (unpaired) electrons. The Hall–Kier alpha value is -2.87. The number of nitrogens with zero attached hydrogens (tertiary/aromatic N) is 3. The van der Waals surface area contributed by atoms with Crippen LogP contribution in [0.25, 0.3) is 0 Å². The third-order valence-electron chi connectivity index (χ3n) is 7.19. The van der Waals surface area contributed by atoms with Gasteiger partial charge in [0.05, 0.1) is 13.7 Å². The summed E-state index contributed by atoms with van der Waals surface area (Å²) in [6.07, 6.45) is 0.752. The van der Waals surface area contributed by atoms with E-state index in [1.807, 2.05) is 24.3 Å². The van der Waals surface area contributed by atoms with Crippen LogP contribution in [-0.4, -0.2) is 84.9 Å². The van der Waals surface area contributed by atoms with Crippen LogP contribution in [0.2, 0.25) is 5.02 Å². The number of sulfonamides is 1. The molecule has 4 amide bonds. The van der Waals surface area contributed by atoms with Gasteiger partial charge in [0.1, 0.15) is 28.9 Å².